The van der Waals surface area contributed by atoms with Crippen molar-refractivity contribution in [3.63, 3.8) is 0 Å². The molecule has 14 heavy (non-hydrogen) atoms. The zero-order valence-corrected chi connectivity index (χ0v) is 7.46. The maximum Gasteiger partial charge on any atom is 0.149 e. The van der Waals surface area contributed by atoms with Gasteiger partial charge in [0, 0.05) is 6.07 Å². The monoisotopic (exact) mass is 198 g/mol. The van der Waals surface area contributed by atoms with E-state index in [2.05, 4.69) is 6.58 Å². The number of aliphatic hydroxyl groups excluding tert-OH is 1. The van der Waals surface area contributed by atoms with Crippen molar-refractivity contribution >= 4 is 11.4 Å². The highest BCUT2D eigenvalue weighted by atomic mass is 19.1. The van der Waals surface area contributed by atoms with E-state index in [0.717, 1.165) is 6.07 Å². The van der Waals surface area contributed by atoms with E-state index in [0.29, 0.717) is 0 Å². The number of halogens is 1. The highest BCUT2D eigenvalue weighted by Crippen LogP contribution is 2.26. The van der Waals surface area contributed by atoms with Gasteiger partial charge in [-0.25, -0.2) is 4.39 Å². The van der Waals surface area contributed by atoms with Crippen molar-refractivity contribution in [2.75, 3.05) is 18.1 Å². The fourth-order valence-corrected chi connectivity index (χ4v) is 0.875. The van der Waals surface area contributed by atoms with Crippen LogP contribution >= 0.6 is 0 Å². The number of aliphatic hydroxyl groups is 1. The Morgan fingerprint density at radius 3 is 2.64 bits per heavy atom. The van der Waals surface area contributed by atoms with Crippen LogP contribution in [-0.4, -0.2) is 11.7 Å². The molecule has 0 aliphatic rings. The molecule has 0 fully saturated rings. The minimum absolute atomic E-state index is 0.0438. The summed E-state index contributed by atoms with van der Waals surface area (Å²) in [6.45, 7) is 3.08. The van der Waals surface area contributed by atoms with Gasteiger partial charge in [0.25, 0.3) is 0 Å². The van der Waals surface area contributed by atoms with Crippen molar-refractivity contribution in [2.45, 2.75) is 0 Å². The van der Waals surface area contributed by atoms with Gasteiger partial charge in [-0.1, -0.05) is 6.58 Å². The highest BCUT2D eigenvalue weighted by Gasteiger charge is 2.06. The minimum atomic E-state index is -0.613. The van der Waals surface area contributed by atoms with Crippen LogP contribution in [0, 0.1) is 5.82 Å². The summed E-state index contributed by atoms with van der Waals surface area (Å²) in [6, 6.07) is 2.32. The van der Waals surface area contributed by atoms with Crippen molar-refractivity contribution in [3.8, 4) is 5.75 Å². The van der Waals surface area contributed by atoms with Gasteiger partial charge >= 0.3 is 0 Å². The summed E-state index contributed by atoms with van der Waals surface area (Å²) >= 11 is 0. The summed E-state index contributed by atoms with van der Waals surface area (Å²) in [7, 11) is 0. The van der Waals surface area contributed by atoms with Crippen molar-refractivity contribution in [1.82, 2.24) is 0 Å². The maximum absolute atomic E-state index is 12.9. The van der Waals surface area contributed by atoms with Crippen LogP contribution in [0.5, 0.6) is 5.75 Å². The number of rotatable bonds is 3. The van der Waals surface area contributed by atoms with Crippen LogP contribution in [0.15, 0.2) is 24.5 Å². The molecular weight excluding hydrogens is 187 g/mol. The van der Waals surface area contributed by atoms with Crippen LogP contribution in [0.4, 0.5) is 15.8 Å². The van der Waals surface area contributed by atoms with Crippen LogP contribution in [0.1, 0.15) is 0 Å². The molecule has 1 aromatic carbocycles. The van der Waals surface area contributed by atoms with E-state index in [9.17, 15) is 4.39 Å². The fraction of sp³-hybridized carbons (Fsp3) is 0.111. The molecule has 1 rings (SSSR count). The second kappa shape index (κ2) is 3.87. The Morgan fingerprint density at radius 1 is 1.43 bits per heavy atom. The molecule has 0 aromatic heterocycles. The Balaban J connectivity index is 2.87. The van der Waals surface area contributed by atoms with Crippen LogP contribution in [0.3, 0.4) is 0 Å². The molecule has 4 nitrogen and oxygen atoms in total. The molecule has 0 atom stereocenters. The molecule has 5 N–H and O–H groups in total. The second-order valence-electron chi connectivity index (χ2n) is 2.77. The lowest BCUT2D eigenvalue weighted by atomic mass is 10.2. The smallest absolute Gasteiger partial charge is 0.149 e. The van der Waals surface area contributed by atoms with E-state index in [-0.39, 0.29) is 29.5 Å². The van der Waals surface area contributed by atoms with Gasteiger partial charge in [-0.15, -0.1) is 0 Å². The molecule has 0 amide bonds. The first-order valence-electron chi connectivity index (χ1n) is 3.84. The lowest BCUT2D eigenvalue weighted by Gasteiger charge is -2.09. The van der Waals surface area contributed by atoms with Crippen molar-refractivity contribution in [2.24, 2.45) is 0 Å². The molecule has 5 heteroatoms. The number of hydrogen-bond donors (Lipinski definition) is 3. The topological polar surface area (TPSA) is 81.5 Å². The van der Waals surface area contributed by atoms with Gasteiger partial charge in [-0.3, -0.25) is 0 Å². The summed E-state index contributed by atoms with van der Waals surface area (Å²) in [5.41, 5.74) is 10.9. The number of anilines is 2. The van der Waals surface area contributed by atoms with Crippen molar-refractivity contribution in [1.29, 1.82) is 0 Å². The largest absolute Gasteiger partial charge is 0.509 e. The molecule has 76 valence electrons. The lowest BCUT2D eigenvalue weighted by molar-refractivity contribution is 0.272. The number of hydrogen-bond acceptors (Lipinski definition) is 4. The molecule has 0 spiro atoms. The van der Waals surface area contributed by atoms with E-state index in [1.807, 2.05) is 0 Å². The Kier molecular flexibility index (Phi) is 2.81. The molecule has 1 aromatic rings. The number of nitrogens with two attached hydrogens (primary N) is 2. The van der Waals surface area contributed by atoms with Gasteiger partial charge in [0.05, 0.1) is 11.4 Å². The quantitative estimate of drug-likeness (QED) is 0.507. The highest BCUT2D eigenvalue weighted by molar-refractivity contribution is 5.61. The molecule has 0 unspecified atom stereocenters. The van der Waals surface area contributed by atoms with E-state index < -0.39 is 5.82 Å². The zero-order chi connectivity index (χ0) is 10.7. The van der Waals surface area contributed by atoms with Gasteiger partial charge in [0.1, 0.15) is 23.9 Å². The molecular formula is C9H11FN2O2. The summed E-state index contributed by atoms with van der Waals surface area (Å²) < 4.78 is 17.9. The number of nitrogen functional groups attached to an aromatic ring is 2. The van der Waals surface area contributed by atoms with Gasteiger partial charge < -0.3 is 21.3 Å². The first-order valence-corrected chi connectivity index (χ1v) is 3.84. The van der Waals surface area contributed by atoms with Crippen LogP contribution < -0.4 is 16.2 Å². The van der Waals surface area contributed by atoms with Crippen LogP contribution in [0.25, 0.3) is 0 Å². The summed E-state index contributed by atoms with van der Waals surface area (Å²) in [6.07, 6.45) is 0. The molecule has 0 saturated heterocycles. The molecule has 0 aliphatic heterocycles. The summed E-state index contributed by atoms with van der Waals surface area (Å²) in [5, 5.41) is 8.75. The van der Waals surface area contributed by atoms with Gasteiger partial charge in [0.2, 0.25) is 0 Å². The third-order valence-electron chi connectivity index (χ3n) is 1.52. The lowest BCUT2D eigenvalue weighted by Crippen LogP contribution is -2.03. The predicted molar refractivity (Wildman–Crippen MR) is 52.5 cm³/mol. The van der Waals surface area contributed by atoms with E-state index in [1.165, 1.54) is 6.07 Å². The first-order chi connectivity index (χ1) is 6.50. The molecule has 0 heterocycles. The van der Waals surface area contributed by atoms with E-state index in [1.54, 1.807) is 0 Å². The molecule has 0 bridgehead atoms. The SMILES string of the molecule is C=C(O)COc1cc(F)c(N)cc1N. The summed E-state index contributed by atoms with van der Waals surface area (Å²) in [5.74, 6) is -0.647. The molecule has 0 aliphatic carbocycles. The third-order valence-corrected chi connectivity index (χ3v) is 1.52. The maximum atomic E-state index is 12.9. The third kappa shape index (κ3) is 2.29. The molecule has 0 radical (unpaired) electrons. The van der Waals surface area contributed by atoms with Gasteiger partial charge in [-0.2, -0.15) is 0 Å². The Bertz CT molecular complexity index is 366. The average molecular weight is 198 g/mol. The number of ether oxygens (including phenoxy) is 1. The first kappa shape index (κ1) is 10.2. The van der Waals surface area contributed by atoms with Crippen molar-refractivity contribution in [3.05, 3.63) is 30.3 Å². The molecule has 0 saturated carbocycles. The van der Waals surface area contributed by atoms with Crippen LogP contribution in [-0.2, 0) is 0 Å². The normalized spacial score (nSPS) is 9.79. The average Bonchev–Trinajstić information content (AvgIpc) is 2.09. The Labute approximate surface area is 80.6 Å². The number of benzene rings is 1. The van der Waals surface area contributed by atoms with E-state index >= 15 is 0 Å². The van der Waals surface area contributed by atoms with E-state index in [4.69, 9.17) is 21.3 Å². The minimum Gasteiger partial charge on any atom is -0.509 e. The Morgan fingerprint density at radius 2 is 2.07 bits per heavy atom. The van der Waals surface area contributed by atoms with Gasteiger partial charge in [-0.05, 0) is 6.07 Å². The van der Waals surface area contributed by atoms with Crippen LogP contribution in [0.2, 0.25) is 0 Å². The second-order valence-corrected chi connectivity index (χ2v) is 2.77. The van der Waals surface area contributed by atoms with Crippen molar-refractivity contribution < 1.29 is 14.2 Å². The zero-order valence-electron chi connectivity index (χ0n) is 7.46. The summed E-state index contributed by atoms with van der Waals surface area (Å²) in [4.78, 5) is 0. The standard InChI is InChI=1S/C9H11FN2O2/c1-5(13)4-14-9-2-6(10)7(11)3-8(9)12/h2-3,13H,1,4,11-12H2. The predicted octanol–water partition coefficient (Wildman–Crippen LogP) is 1.44. The Hall–Kier alpha value is -1.91. The van der Waals surface area contributed by atoms with Gasteiger partial charge in [0.15, 0.2) is 0 Å². The fourth-order valence-electron chi connectivity index (χ4n) is 0.875.